The summed E-state index contributed by atoms with van der Waals surface area (Å²) in [5.74, 6) is -0.254. The Morgan fingerprint density at radius 3 is 2.20 bits per heavy atom. The van der Waals surface area contributed by atoms with Crippen LogP contribution >= 0.6 is 0 Å². The van der Waals surface area contributed by atoms with Crippen molar-refractivity contribution in [3.63, 3.8) is 0 Å². The van der Waals surface area contributed by atoms with E-state index in [1.54, 1.807) is 0 Å². The lowest BCUT2D eigenvalue weighted by molar-refractivity contribution is -0.136. The molecule has 5 nitrogen and oxygen atoms in total. The number of rotatable bonds is 8. The maximum atomic E-state index is 11.9. The second-order valence-corrected chi connectivity index (χ2v) is 3.49. The van der Waals surface area contributed by atoms with Gasteiger partial charge in [0.1, 0.15) is 0 Å². The maximum absolute atomic E-state index is 11.9. The van der Waals surface area contributed by atoms with E-state index in [-0.39, 0.29) is 38.1 Å². The number of aliphatic hydroxyl groups excluding tert-OH is 2. The van der Waals surface area contributed by atoms with Gasteiger partial charge >= 0.3 is 0 Å². The molecule has 0 aliphatic carbocycles. The number of carbonyl (C=O) groups is 1. The SMILES string of the molecule is CCCC(CN)C(=O)N(CCO)CCO. The number of nitrogens with two attached hydrogens (primary N) is 1. The van der Waals surface area contributed by atoms with Crippen molar-refractivity contribution in [1.29, 1.82) is 0 Å². The van der Waals surface area contributed by atoms with E-state index in [0.717, 1.165) is 12.8 Å². The molecule has 1 unspecified atom stereocenters. The topological polar surface area (TPSA) is 86.8 Å². The average molecular weight is 218 g/mol. The van der Waals surface area contributed by atoms with Crippen LogP contribution in [-0.2, 0) is 4.79 Å². The number of carbonyl (C=O) groups excluding carboxylic acids is 1. The average Bonchev–Trinajstić information content (AvgIpc) is 2.24. The van der Waals surface area contributed by atoms with Gasteiger partial charge in [0.25, 0.3) is 0 Å². The lowest BCUT2D eigenvalue weighted by Crippen LogP contribution is -2.42. The molecule has 0 heterocycles. The molecule has 4 N–H and O–H groups in total. The van der Waals surface area contributed by atoms with E-state index in [1.807, 2.05) is 6.92 Å². The molecular formula is C10H22N2O3. The lowest BCUT2D eigenvalue weighted by Gasteiger charge is -2.25. The summed E-state index contributed by atoms with van der Waals surface area (Å²) in [6.45, 7) is 2.67. The fourth-order valence-corrected chi connectivity index (χ4v) is 1.52. The smallest absolute Gasteiger partial charge is 0.227 e. The van der Waals surface area contributed by atoms with Crippen molar-refractivity contribution in [2.75, 3.05) is 32.8 Å². The Balaban J connectivity index is 4.29. The minimum absolute atomic E-state index is 0.0672. The number of amides is 1. The maximum Gasteiger partial charge on any atom is 0.227 e. The fourth-order valence-electron chi connectivity index (χ4n) is 1.52. The van der Waals surface area contributed by atoms with Gasteiger partial charge in [-0.05, 0) is 6.42 Å². The van der Waals surface area contributed by atoms with Crippen molar-refractivity contribution in [2.24, 2.45) is 11.7 Å². The van der Waals surface area contributed by atoms with Gasteiger partial charge in [-0.15, -0.1) is 0 Å². The van der Waals surface area contributed by atoms with E-state index in [1.165, 1.54) is 4.90 Å². The molecule has 0 aromatic rings. The third kappa shape index (κ3) is 5.11. The van der Waals surface area contributed by atoms with E-state index in [0.29, 0.717) is 6.54 Å². The molecular weight excluding hydrogens is 196 g/mol. The third-order valence-electron chi connectivity index (χ3n) is 2.32. The molecule has 0 aliphatic heterocycles. The van der Waals surface area contributed by atoms with Crippen LogP contribution < -0.4 is 5.73 Å². The number of nitrogens with zero attached hydrogens (tertiary/aromatic N) is 1. The first-order valence-electron chi connectivity index (χ1n) is 5.41. The zero-order valence-corrected chi connectivity index (χ0v) is 9.35. The van der Waals surface area contributed by atoms with Crippen molar-refractivity contribution >= 4 is 5.91 Å². The largest absolute Gasteiger partial charge is 0.395 e. The van der Waals surface area contributed by atoms with Gasteiger partial charge in [-0.1, -0.05) is 13.3 Å². The molecule has 1 amide bonds. The van der Waals surface area contributed by atoms with Gasteiger partial charge in [-0.25, -0.2) is 0 Å². The standard InChI is InChI=1S/C10H22N2O3/c1-2-3-9(8-11)10(15)12(4-6-13)5-7-14/h9,13-14H,2-8,11H2,1H3. The van der Waals surface area contributed by atoms with Gasteiger partial charge in [0.2, 0.25) is 5.91 Å². The van der Waals surface area contributed by atoms with Crippen molar-refractivity contribution in [2.45, 2.75) is 19.8 Å². The summed E-state index contributed by atoms with van der Waals surface area (Å²) in [5.41, 5.74) is 5.52. The zero-order valence-electron chi connectivity index (χ0n) is 9.35. The molecule has 0 aromatic heterocycles. The highest BCUT2D eigenvalue weighted by molar-refractivity contribution is 5.79. The van der Waals surface area contributed by atoms with Crippen molar-refractivity contribution in [3.05, 3.63) is 0 Å². The molecule has 0 spiro atoms. The van der Waals surface area contributed by atoms with Gasteiger partial charge in [-0.3, -0.25) is 4.79 Å². The number of aliphatic hydroxyl groups is 2. The highest BCUT2D eigenvalue weighted by atomic mass is 16.3. The number of hydrogen-bond donors (Lipinski definition) is 3. The molecule has 0 bridgehead atoms. The van der Waals surface area contributed by atoms with Crippen molar-refractivity contribution < 1.29 is 15.0 Å². The summed E-state index contributed by atoms with van der Waals surface area (Å²) in [5, 5.41) is 17.6. The van der Waals surface area contributed by atoms with Crippen molar-refractivity contribution in [1.82, 2.24) is 4.90 Å². The Labute approximate surface area is 90.9 Å². The molecule has 0 fully saturated rings. The predicted molar refractivity (Wildman–Crippen MR) is 58.2 cm³/mol. The summed E-state index contributed by atoms with van der Waals surface area (Å²) in [4.78, 5) is 13.3. The second kappa shape index (κ2) is 8.64. The molecule has 5 heteroatoms. The van der Waals surface area contributed by atoms with Crippen LogP contribution in [0.25, 0.3) is 0 Å². The Bertz CT molecular complexity index is 170. The Morgan fingerprint density at radius 2 is 1.87 bits per heavy atom. The monoisotopic (exact) mass is 218 g/mol. The summed E-state index contributed by atoms with van der Waals surface area (Å²) < 4.78 is 0. The van der Waals surface area contributed by atoms with Crippen LogP contribution in [-0.4, -0.2) is 53.9 Å². The molecule has 0 aromatic carbocycles. The van der Waals surface area contributed by atoms with Crippen LogP contribution in [0.5, 0.6) is 0 Å². The van der Waals surface area contributed by atoms with E-state index in [9.17, 15) is 4.79 Å². The molecule has 0 rings (SSSR count). The van der Waals surface area contributed by atoms with Gasteiger partial charge in [-0.2, -0.15) is 0 Å². The van der Waals surface area contributed by atoms with Crippen LogP contribution in [0.2, 0.25) is 0 Å². The molecule has 0 radical (unpaired) electrons. The van der Waals surface area contributed by atoms with Crippen LogP contribution in [0.3, 0.4) is 0 Å². The minimum Gasteiger partial charge on any atom is -0.395 e. The van der Waals surface area contributed by atoms with E-state index in [2.05, 4.69) is 0 Å². The second-order valence-electron chi connectivity index (χ2n) is 3.49. The predicted octanol–water partition coefficient (Wildman–Crippen LogP) is -0.825. The summed E-state index contributed by atoms with van der Waals surface area (Å²) in [6.07, 6.45) is 1.66. The molecule has 0 saturated carbocycles. The first-order valence-corrected chi connectivity index (χ1v) is 5.41. The Kier molecular flexibility index (Phi) is 8.27. The number of hydrogen-bond acceptors (Lipinski definition) is 4. The van der Waals surface area contributed by atoms with Crippen LogP contribution in [0.15, 0.2) is 0 Å². The molecule has 15 heavy (non-hydrogen) atoms. The molecule has 1 atom stereocenters. The van der Waals surface area contributed by atoms with E-state index in [4.69, 9.17) is 15.9 Å². The fraction of sp³-hybridized carbons (Fsp3) is 0.900. The lowest BCUT2D eigenvalue weighted by atomic mass is 10.0. The van der Waals surface area contributed by atoms with Crippen LogP contribution in [0.1, 0.15) is 19.8 Å². The highest BCUT2D eigenvalue weighted by Gasteiger charge is 2.21. The highest BCUT2D eigenvalue weighted by Crippen LogP contribution is 2.08. The molecule has 0 saturated heterocycles. The van der Waals surface area contributed by atoms with Crippen LogP contribution in [0.4, 0.5) is 0 Å². The minimum atomic E-state index is -0.187. The zero-order chi connectivity index (χ0) is 11.7. The van der Waals surface area contributed by atoms with E-state index >= 15 is 0 Å². The summed E-state index contributed by atoms with van der Waals surface area (Å²) in [7, 11) is 0. The normalized spacial score (nSPS) is 12.5. The van der Waals surface area contributed by atoms with Gasteiger partial charge in [0.15, 0.2) is 0 Å². The first-order chi connectivity index (χ1) is 7.21. The molecule has 0 aliphatic rings. The summed E-state index contributed by atoms with van der Waals surface area (Å²) >= 11 is 0. The Morgan fingerprint density at radius 1 is 1.33 bits per heavy atom. The van der Waals surface area contributed by atoms with Gasteiger partial charge in [0, 0.05) is 19.6 Å². The van der Waals surface area contributed by atoms with Crippen LogP contribution in [0, 0.1) is 5.92 Å². The third-order valence-corrected chi connectivity index (χ3v) is 2.32. The van der Waals surface area contributed by atoms with Crippen molar-refractivity contribution in [3.8, 4) is 0 Å². The van der Waals surface area contributed by atoms with E-state index < -0.39 is 0 Å². The quantitative estimate of drug-likeness (QED) is 0.496. The van der Waals surface area contributed by atoms with Gasteiger partial charge < -0.3 is 20.8 Å². The Hall–Kier alpha value is -0.650. The molecule has 90 valence electrons. The van der Waals surface area contributed by atoms with Gasteiger partial charge in [0.05, 0.1) is 19.1 Å². The first kappa shape index (κ1) is 14.3. The summed E-state index contributed by atoms with van der Waals surface area (Å²) in [6, 6.07) is 0.